The van der Waals surface area contributed by atoms with E-state index in [-0.39, 0.29) is 24.2 Å². The third-order valence-corrected chi connectivity index (χ3v) is 9.84. The van der Waals surface area contributed by atoms with E-state index in [2.05, 4.69) is 72.0 Å². The molecular weight excluding hydrogens is 650 g/mol. The summed E-state index contributed by atoms with van der Waals surface area (Å²) in [6, 6.07) is 33.2. The molecule has 0 saturated heterocycles. The summed E-state index contributed by atoms with van der Waals surface area (Å²) >= 11 is 1.63. The van der Waals surface area contributed by atoms with Crippen LogP contribution in [0.2, 0.25) is 0 Å². The molecule has 14 heteroatoms. The fourth-order valence-electron chi connectivity index (χ4n) is 3.94. The van der Waals surface area contributed by atoms with Crippen LogP contribution in [-0.4, -0.2) is 49.7 Å². The number of benzene rings is 4. The van der Waals surface area contributed by atoms with Crippen LogP contribution >= 0.6 is 11.3 Å². The molecule has 0 spiro atoms. The molecule has 4 aromatic carbocycles. The first-order valence-electron chi connectivity index (χ1n) is 13.3. The van der Waals surface area contributed by atoms with E-state index in [9.17, 15) is 18.0 Å². The number of hydrogen-bond donors (Lipinski definition) is 1. The highest BCUT2D eigenvalue weighted by atomic mass is 32.2. The SMILES string of the molecule is CCOCOc1ccc2nc(-c3ccc(NCC=O)c([S+](c4ccccc4)c4ccccc4)c3)sc2c1.O=S(=O)([O-])C(F)(F)F. The second kappa shape index (κ2) is 15.4. The predicted octanol–water partition coefficient (Wildman–Crippen LogP) is 7.09. The summed E-state index contributed by atoms with van der Waals surface area (Å²) in [5, 5.41) is 4.25. The lowest BCUT2D eigenvalue weighted by atomic mass is 10.2. The second-order valence-corrected chi connectivity index (χ2v) is 13.4. The molecule has 0 radical (unpaired) electrons. The summed E-state index contributed by atoms with van der Waals surface area (Å²) in [7, 11) is -6.47. The second-order valence-electron chi connectivity index (χ2n) is 8.99. The first kappa shape index (κ1) is 33.9. The fraction of sp³-hybridized carbons (Fsp3) is 0.161. The van der Waals surface area contributed by atoms with Gasteiger partial charge in [0, 0.05) is 18.2 Å². The molecule has 0 unspecified atom stereocenters. The van der Waals surface area contributed by atoms with Gasteiger partial charge in [0.2, 0.25) is 0 Å². The van der Waals surface area contributed by atoms with Crippen LogP contribution in [0.25, 0.3) is 20.8 Å². The van der Waals surface area contributed by atoms with Crippen LogP contribution in [0.15, 0.2) is 112 Å². The Kier molecular flexibility index (Phi) is 11.6. The minimum absolute atomic E-state index is 0.230. The van der Waals surface area contributed by atoms with Gasteiger partial charge in [-0.3, -0.25) is 0 Å². The molecule has 5 aromatic rings. The molecule has 236 valence electrons. The minimum atomic E-state index is -6.09. The van der Waals surface area contributed by atoms with Crippen molar-refractivity contribution in [3.8, 4) is 16.3 Å². The number of hydrogen-bond acceptors (Lipinski definition) is 9. The van der Waals surface area contributed by atoms with Crippen molar-refractivity contribution in [3.63, 3.8) is 0 Å². The standard InChI is InChI=1S/C30H27N2O3S2.CHF3O3S/c1-2-34-21-35-23-14-16-26-28(20-23)36-30(32-26)22-13-15-27(31-17-18-33)29(19-22)37(24-9-5-3-6-10-24)25-11-7-4-8-12-25;2-1(3,4)8(5,6)7/h3-16,18-20,31H,2,17,21H2,1H3;(H,5,6,7)/q+1;/p-1. The normalized spacial score (nSPS) is 11.6. The van der Waals surface area contributed by atoms with Crippen LogP contribution in [0.5, 0.6) is 5.75 Å². The topological polar surface area (TPSA) is 118 Å². The summed E-state index contributed by atoms with van der Waals surface area (Å²) in [5.74, 6) is 0.764. The van der Waals surface area contributed by atoms with Crippen molar-refractivity contribution >= 4 is 54.5 Å². The fourth-order valence-corrected chi connectivity index (χ4v) is 7.17. The van der Waals surface area contributed by atoms with Gasteiger partial charge in [0.1, 0.15) is 27.9 Å². The molecule has 0 saturated carbocycles. The summed E-state index contributed by atoms with van der Waals surface area (Å²) < 4.78 is 71.0. The lowest BCUT2D eigenvalue weighted by Crippen LogP contribution is -2.21. The zero-order chi connectivity index (χ0) is 32.5. The molecule has 0 aliphatic rings. The summed E-state index contributed by atoms with van der Waals surface area (Å²) in [5.41, 5.74) is -2.74. The Bertz CT molecular complexity index is 1780. The number of rotatable bonds is 11. The molecule has 45 heavy (non-hydrogen) atoms. The van der Waals surface area contributed by atoms with Crippen molar-refractivity contribution in [3.05, 3.63) is 97.1 Å². The number of halogens is 3. The van der Waals surface area contributed by atoms with Crippen molar-refractivity contribution in [2.45, 2.75) is 27.1 Å². The van der Waals surface area contributed by atoms with Gasteiger partial charge in [0.05, 0.1) is 22.4 Å². The van der Waals surface area contributed by atoms with E-state index >= 15 is 0 Å². The molecule has 1 N–H and O–H groups in total. The average molecular weight is 677 g/mol. The Hall–Kier alpha value is -3.95. The van der Waals surface area contributed by atoms with Gasteiger partial charge in [-0.2, -0.15) is 13.2 Å². The predicted molar refractivity (Wildman–Crippen MR) is 168 cm³/mol. The van der Waals surface area contributed by atoms with Crippen molar-refractivity contribution < 1.29 is 40.4 Å². The van der Waals surface area contributed by atoms with Crippen molar-refractivity contribution in [1.82, 2.24) is 4.98 Å². The van der Waals surface area contributed by atoms with E-state index < -0.39 is 15.6 Å². The Morgan fingerprint density at radius 1 is 0.956 bits per heavy atom. The van der Waals surface area contributed by atoms with Gasteiger partial charge in [-0.1, -0.05) is 36.4 Å². The van der Waals surface area contributed by atoms with Crippen LogP contribution in [0, 0.1) is 0 Å². The number of fused-ring (bicyclic) bond motifs is 1. The highest BCUT2D eigenvalue weighted by Crippen LogP contribution is 2.40. The van der Waals surface area contributed by atoms with Crippen molar-refractivity contribution in [2.75, 3.05) is 25.3 Å². The number of carbonyl (C=O) groups excluding carboxylic acids is 1. The van der Waals surface area contributed by atoms with Gasteiger partial charge < -0.3 is 24.1 Å². The smallest absolute Gasteiger partial charge is 0.485 e. The molecule has 0 bridgehead atoms. The van der Waals surface area contributed by atoms with E-state index in [4.69, 9.17) is 27.4 Å². The first-order valence-corrected chi connectivity index (χ1v) is 16.8. The molecule has 1 heterocycles. The van der Waals surface area contributed by atoms with Gasteiger partial charge >= 0.3 is 5.51 Å². The number of nitrogens with one attached hydrogen (secondary N) is 1. The quantitative estimate of drug-likeness (QED) is 0.0394. The Morgan fingerprint density at radius 3 is 2.13 bits per heavy atom. The molecule has 0 aliphatic carbocycles. The lowest BCUT2D eigenvalue weighted by molar-refractivity contribution is -0.106. The average Bonchev–Trinajstić information content (AvgIpc) is 3.45. The maximum Gasteiger partial charge on any atom is 0.485 e. The van der Waals surface area contributed by atoms with E-state index in [1.54, 1.807) is 11.3 Å². The third-order valence-electron chi connectivity index (χ3n) is 5.94. The van der Waals surface area contributed by atoms with Gasteiger partial charge in [-0.15, -0.1) is 11.3 Å². The van der Waals surface area contributed by atoms with Gasteiger partial charge in [0.15, 0.2) is 31.6 Å². The van der Waals surface area contributed by atoms with E-state index in [0.29, 0.717) is 6.61 Å². The Morgan fingerprint density at radius 2 is 1.58 bits per heavy atom. The van der Waals surface area contributed by atoms with Gasteiger partial charge in [-0.05, 0) is 61.5 Å². The zero-order valence-corrected chi connectivity index (χ0v) is 26.1. The van der Waals surface area contributed by atoms with Crippen LogP contribution in [0.3, 0.4) is 0 Å². The molecule has 0 fully saturated rings. The largest absolute Gasteiger partial charge is 0.741 e. The molecule has 5 rings (SSSR count). The number of thiazole rings is 1. The van der Waals surface area contributed by atoms with Crippen LogP contribution in [0.1, 0.15) is 6.92 Å². The number of alkyl halides is 3. The first-order chi connectivity index (χ1) is 21.5. The maximum absolute atomic E-state index is 11.2. The molecular formula is C31H27F3N2O6S3. The molecule has 0 atom stereocenters. The number of ether oxygens (including phenoxy) is 2. The van der Waals surface area contributed by atoms with E-state index in [1.807, 2.05) is 37.3 Å². The number of carbonyl (C=O) groups is 1. The highest BCUT2D eigenvalue weighted by Gasteiger charge is 2.37. The molecule has 8 nitrogen and oxygen atoms in total. The molecule has 0 aliphatic heterocycles. The summed E-state index contributed by atoms with van der Waals surface area (Å²) in [6.45, 7) is 3.03. The van der Waals surface area contributed by atoms with Gasteiger partial charge in [0.25, 0.3) is 0 Å². The van der Waals surface area contributed by atoms with Crippen LogP contribution in [-0.2, 0) is 30.5 Å². The van der Waals surface area contributed by atoms with Crippen LogP contribution < -0.4 is 10.1 Å². The summed E-state index contributed by atoms with van der Waals surface area (Å²) in [4.78, 5) is 19.7. The number of aldehydes is 1. The van der Waals surface area contributed by atoms with Crippen LogP contribution in [0.4, 0.5) is 18.9 Å². The Labute approximate surface area is 264 Å². The summed E-state index contributed by atoms with van der Waals surface area (Å²) in [6.07, 6.45) is 0.888. The molecule has 1 aromatic heterocycles. The maximum atomic E-state index is 11.2. The lowest BCUT2D eigenvalue weighted by Gasteiger charge is -2.13. The third kappa shape index (κ3) is 9.05. The van der Waals surface area contributed by atoms with Gasteiger partial charge in [-0.25, -0.2) is 13.4 Å². The van der Waals surface area contributed by atoms with Crippen molar-refractivity contribution in [1.29, 1.82) is 0 Å². The van der Waals surface area contributed by atoms with E-state index in [0.717, 1.165) is 43.4 Å². The number of aromatic nitrogens is 1. The highest BCUT2D eigenvalue weighted by molar-refractivity contribution is 7.97. The zero-order valence-electron chi connectivity index (χ0n) is 23.7. The van der Waals surface area contributed by atoms with E-state index in [1.165, 1.54) is 9.79 Å². The number of anilines is 1. The minimum Gasteiger partial charge on any atom is -0.741 e. The molecule has 0 amide bonds. The Balaban J connectivity index is 0.000000510. The number of nitrogens with zero attached hydrogens (tertiary/aromatic N) is 1. The van der Waals surface area contributed by atoms with Crippen molar-refractivity contribution in [2.24, 2.45) is 0 Å². The monoisotopic (exact) mass is 676 g/mol.